The Labute approximate surface area is 69.8 Å². The van der Waals surface area contributed by atoms with E-state index in [-0.39, 0.29) is 5.41 Å². The molecule has 66 valence electrons. The van der Waals surface area contributed by atoms with Gasteiger partial charge in [0, 0.05) is 6.61 Å². The van der Waals surface area contributed by atoms with Gasteiger partial charge in [0.15, 0.2) is 0 Å². The number of hydrogen-bond donors (Lipinski definition) is 1. The lowest BCUT2D eigenvalue weighted by Crippen LogP contribution is -2.34. The predicted octanol–water partition coefficient (Wildman–Crippen LogP) is 2.44. The highest BCUT2D eigenvalue weighted by Crippen LogP contribution is 2.42. The highest BCUT2D eigenvalue weighted by Gasteiger charge is 2.35. The van der Waals surface area contributed by atoms with Gasteiger partial charge in [-0.2, -0.15) is 0 Å². The zero-order chi connectivity index (χ0) is 8.48. The van der Waals surface area contributed by atoms with E-state index in [1.54, 1.807) is 0 Å². The fourth-order valence-corrected chi connectivity index (χ4v) is 2.06. The minimum atomic E-state index is 0.215. The van der Waals surface area contributed by atoms with Crippen LogP contribution in [0.25, 0.3) is 0 Å². The summed E-state index contributed by atoms with van der Waals surface area (Å²) < 4.78 is 0. The van der Waals surface area contributed by atoms with E-state index < -0.39 is 0 Å². The van der Waals surface area contributed by atoms with Gasteiger partial charge in [0.1, 0.15) is 0 Å². The van der Waals surface area contributed by atoms with E-state index in [4.69, 9.17) is 0 Å². The zero-order valence-corrected chi connectivity index (χ0v) is 7.93. The first-order chi connectivity index (χ1) is 5.08. The maximum absolute atomic E-state index is 9.21. The summed E-state index contributed by atoms with van der Waals surface area (Å²) in [6.07, 6.45) is 3.78. The van der Waals surface area contributed by atoms with Gasteiger partial charge < -0.3 is 5.11 Å². The molecule has 1 fully saturated rings. The molecule has 0 aliphatic heterocycles. The van der Waals surface area contributed by atoms with Crippen LogP contribution < -0.4 is 0 Å². The molecule has 0 saturated heterocycles. The molecule has 0 aromatic heterocycles. The van der Waals surface area contributed by atoms with Crippen molar-refractivity contribution in [3.63, 3.8) is 0 Å². The molecule has 1 rings (SSSR count). The van der Waals surface area contributed by atoms with E-state index in [0.717, 1.165) is 5.92 Å². The Balaban J connectivity index is 2.56. The van der Waals surface area contributed by atoms with Crippen LogP contribution in [-0.2, 0) is 0 Å². The van der Waals surface area contributed by atoms with Crippen molar-refractivity contribution in [2.45, 2.75) is 40.0 Å². The molecule has 0 aromatic carbocycles. The number of aliphatic hydroxyl groups excluding tert-OH is 1. The molecule has 1 N–H and O–H groups in total. The van der Waals surface area contributed by atoms with Crippen molar-refractivity contribution in [1.82, 2.24) is 0 Å². The lowest BCUT2D eigenvalue weighted by Gasteiger charge is -2.40. The summed E-state index contributed by atoms with van der Waals surface area (Å²) in [5.41, 5.74) is 0.215. The third kappa shape index (κ3) is 1.76. The summed E-state index contributed by atoms with van der Waals surface area (Å²) in [5, 5.41) is 9.21. The number of aliphatic hydroxyl groups is 1. The van der Waals surface area contributed by atoms with E-state index in [1.165, 1.54) is 19.3 Å². The van der Waals surface area contributed by atoms with Gasteiger partial charge in [-0.25, -0.2) is 0 Å². The summed E-state index contributed by atoms with van der Waals surface area (Å²) in [6, 6.07) is 0. The van der Waals surface area contributed by atoms with E-state index in [9.17, 15) is 5.11 Å². The van der Waals surface area contributed by atoms with Crippen LogP contribution in [0.3, 0.4) is 0 Å². The molecule has 0 amide bonds. The quantitative estimate of drug-likeness (QED) is 0.618. The lowest BCUT2D eigenvalue weighted by atomic mass is 9.66. The molecule has 0 radical (unpaired) electrons. The second kappa shape index (κ2) is 3.14. The van der Waals surface area contributed by atoms with Crippen LogP contribution in [0.2, 0.25) is 0 Å². The van der Waals surface area contributed by atoms with Crippen molar-refractivity contribution in [3.05, 3.63) is 0 Å². The fourth-order valence-electron chi connectivity index (χ4n) is 2.06. The average Bonchev–Trinajstić information content (AvgIpc) is 1.98. The molecule has 2 unspecified atom stereocenters. The summed E-state index contributed by atoms with van der Waals surface area (Å²) in [5.74, 6) is 1.56. The molecule has 0 spiro atoms. The molecule has 1 aliphatic carbocycles. The van der Waals surface area contributed by atoms with E-state index >= 15 is 0 Å². The molecule has 1 aliphatic rings. The van der Waals surface area contributed by atoms with E-state index in [1.807, 2.05) is 0 Å². The highest BCUT2D eigenvalue weighted by molar-refractivity contribution is 4.85. The Hall–Kier alpha value is -0.0400. The molecule has 1 heteroatoms. The minimum absolute atomic E-state index is 0.215. The monoisotopic (exact) mass is 156 g/mol. The largest absolute Gasteiger partial charge is 0.396 e. The van der Waals surface area contributed by atoms with Crippen molar-refractivity contribution in [1.29, 1.82) is 0 Å². The topological polar surface area (TPSA) is 20.2 Å². The molecule has 0 bridgehead atoms. The fraction of sp³-hybridized carbons (Fsp3) is 1.00. The van der Waals surface area contributed by atoms with Crippen molar-refractivity contribution in [3.8, 4) is 0 Å². The molecular formula is C10H20O. The summed E-state index contributed by atoms with van der Waals surface area (Å²) in [7, 11) is 0. The Kier molecular flexibility index (Phi) is 2.58. The molecule has 0 heterocycles. The maximum atomic E-state index is 9.21. The van der Waals surface area contributed by atoms with Crippen molar-refractivity contribution < 1.29 is 5.11 Å². The van der Waals surface area contributed by atoms with Crippen molar-refractivity contribution >= 4 is 0 Å². The van der Waals surface area contributed by atoms with Crippen molar-refractivity contribution in [2.75, 3.05) is 6.61 Å². The molecular weight excluding hydrogens is 136 g/mol. The van der Waals surface area contributed by atoms with Crippen LogP contribution in [0.4, 0.5) is 0 Å². The van der Waals surface area contributed by atoms with E-state index in [2.05, 4.69) is 20.8 Å². The average molecular weight is 156 g/mol. The van der Waals surface area contributed by atoms with Crippen LogP contribution >= 0.6 is 0 Å². The van der Waals surface area contributed by atoms with Gasteiger partial charge in [-0.1, -0.05) is 27.2 Å². The molecule has 1 saturated carbocycles. The van der Waals surface area contributed by atoms with Crippen LogP contribution in [0.1, 0.15) is 40.0 Å². The minimum Gasteiger partial charge on any atom is -0.396 e. The first-order valence-electron chi connectivity index (χ1n) is 4.69. The first kappa shape index (κ1) is 9.05. The molecule has 0 aromatic rings. The zero-order valence-electron chi connectivity index (χ0n) is 7.93. The standard InChI is InChI=1S/C10H20O/c1-8-4-5-10(3,7-11)9(2)6-8/h8-9,11H,4-7H2,1-3H3/t8?,9?,10-/m1/s1. The summed E-state index contributed by atoms with van der Waals surface area (Å²) in [6.45, 7) is 7.16. The smallest absolute Gasteiger partial charge is 0.0487 e. The molecule has 11 heavy (non-hydrogen) atoms. The SMILES string of the molecule is CC1CC[C@](C)(CO)C(C)C1. The second-order valence-corrected chi connectivity index (χ2v) is 4.59. The van der Waals surface area contributed by atoms with Gasteiger partial charge in [-0.3, -0.25) is 0 Å². The van der Waals surface area contributed by atoms with Gasteiger partial charge in [0.2, 0.25) is 0 Å². The Morgan fingerprint density at radius 2 is 2.09 bits per heavy atom. The van der Waals surface area contributed by atoms with Gasteiger partial charge in [0.05, 0.1) is 0 Å². The van der Waals surface area contributed by atoms with Gasteiger partial charge in [0.25, 0.3) is 0 Å². The predicted molar refractivity (Wildman–Crippen MR) is 47.4 cm³/mol. The molecule has 3 atom stereocenters. The molecule has 1 nitrogen and oxygen atoms in total. The third-order valence-corrected chi connectivity index (χ3v) is 3.52. The lowest BCUT2D eigenvalue weighted by molar-refractivity contribution is 0.0323. The van der Waals surface area contributed by atoms with Crippen LogP contribution in [0.15, 0.2) is 0 Å². The number of rotatable bonds is 1. The maximum Gasteiger partial charge on any atom is 0.0487 e. The van der Waals surface area contributed by atoms with E-state index in [0.29, 0.717) is 12.5 Å². The second-order valence-electron chi connectivity index (χ2n) is 4.59. The van der Waals surface area contributed by atoms with Crippen molar-refractivity contribution in [2.24, 2.45) is 17.3 Å². The Morgan fingerprint density at radius 1 is 1.45 bits per heavy atom. The van der Waals surface area contributed by atoms with Gasteiger partial charge in [-0.05, 0) is 30.1 Å². The summed E-state index contributed by atoms with van der Waals surface area (Å²) >= 11 is 0. The first-order valence-corrected chi connectivity index (χ1v) is 4.69. The normalized spacial score (nSPS) is 45.8. The van der Waals surface area contributed by atoms with Gasteiger partial charge in [-0.15, -0.1) is 0 Å². The number of hydrogen-bond acceptors (Lipinski definition) is 1. The van der Waals surface area contributed by atoms with Crippen LogP contribution in [0.5, 0.6) is 0 Å². The summed E-state index contributed by atoms with van der Waals surface area (Å²) in [4.78, 5) is 0. The Bertz CT molecular complexity index is 133. The third-order valence-electron chi connectivity index (χ3n) is 3.52. The Morgan fingerprint density at radius 3 is 2.55 bits per heavy atom. The van der Waals surface area contributed by atoms with Gasteiger partial charge >= 0.3 is 0 Å². The van der Waals surface area contributed by atoms with Crippen LogP contribution in [-0.4, -0.2) is 11.7 Å². The van der Waals surface area contributed by atoms with Crippen LogP contribution in [0, 0.1) is 17.3 Å². The highest BCUT2D eigenvalue weighted by atomic mass is 16.3.